The van der Waals surface area contributed by atoms with E-state index in [1.54, 1.807) is 13.1 Å². The SMILES string of the molecule is CC1(O)CC(NC(=O)c2cnc3cc(N4CCC4)c(Cl)cc3c2)C1. The van der Waals surface area contributed by atoms with Gasteiger partial charge in [0.05, 0.1) is 27.4 Å². The van der Waals surface area contributed by atoms with E-state index in [2.05, 4.69) is 15.2 Å². The largest absolute Gasteiger partial charge is 0.390 e. The van der Waals surface area contributed by atoms with Crippen molar-refractivity contribution in [2.45, 2.75) is 37.8 Å². The minimum absolute atomic E-state index is 0.0283. The summed E-state index contributed by atoms with van der Waals surface area (Å²) in [5, 5.41) is 14.2. The Bertz CT molecular complexity index is 809. The fourth-order valence-corrected chi connectivity index (χ4v) is 3.73. The van der Waals surface area contributed by atoms with Crippen molar-refractivity contribution >= 4 is 34.1 Å². The van der Waals surface area contributed by atoms with E-state index in [1.807, 2.05) is 18.2 Å². The Hall–Kier alpha value is -1.85. The third-order valence-electron chi connectivity index (χ3n) is 4.92. The van der Waals surface area contributed by atoms with Crippen LogP contribution in [-0.4, -0.2) is 40.7 Å². The molecule has 2 aliphatic rings. The zero-order valence-corrected chi connectivity index (χ0v) is 14.3. The van der Waals surface area contributed by atoms with Gasteiger partial charge in [0.25, 0.3) is 5.91 Å². The minimum atomic E-state index is -0.652. The molecule has 0 radical (unpaired) electrons. The van der Waals surface area contributed by atoms with Crippen LogP contribution in [0.15, 0.2) is 24.4 Å². The summed E-state index contributed by atoms with van der Waals surface area (Å²) in [6.45, 7) is 3.83. The number of pyridine rings is 1. The van der Waals surface area contributed by atoms with Gasteiger partial charge in [0.2, 0.25) is 0 Å². The lowest BCUT2D eigenvalue weighted by atomic mass is 9.77. The third-order valence-corrected chi connectivity index (χ3v) is 5.22. The number of nitrogens with zero attached hydrogens (tertiary/aromatic N) is 2. The highest BCUT2D eigenvalue weighted by atomic mass is 35.5. The maximum Gasteiger partial charge on any atom is 0.253 e. The molecule has 1 aromatic heterocycles. The van der Waals surface area contributed by atoms with Crippen LogP contribution in [0.25, 0.3) is 10.9 Å². The molecule has 0 atom stereocenters. The number of aromatic nitrogens is 1. The number of rotatable bonds is 3. The lowest BCUT2D eigenvalue weighted by Gasteiger charge is -2.41. The highest BCUT2D eigenvalue weighted by Gasteiger charge is 2.39. The Morgan fingerprint density at radius 3 is 2.75 bits per heavy atom. The number of benzene rings is 1. The number of halogens is 1. The average Bonchev–Trinajstić information content (AvgIpc) is 2.43. The van der Waals surface area contributed by atoms with Crippen molar-refractivity contribution in [2.75, 3.05) is 18.0 Å². The molecular weight excluding hydrogens is 326 g/mol. The highest BCUT2D eigenvalue weighted by Crippen LogP contribution is 2.34. The molecule has 2 fully saturated rings. The van der Waals surface area contributed by atoms with Gasteiger partial charge in [0.15, 0.2) is 0 Å². The molecule has 1 aromatic carbocycles. The smallest absolute Gasteiger partial charge is 0.253 e. The molecule has 0 spiro atoms. The van der Waals surface area contributed by atoms with Gasteiger partial charge in [0, 0.05) is 30.7 Å². The number of amides is 1. The predicted octanol–water partition coefficient (Wildman–Crippen LogP) is 2.74. The topological polar surface area (TPSA) is 65.5 Å². The summed E-state index contributed by atoms with van der Waals surface area (Å²) in [4.78, 5) is 19.0. The van der Waals surface area contributed by atoms with Crippen LogP contribution >= 0.6 is 11.6 Å². The number of carbonyl (C=O) groups excluding carboxylic acids is 1. The van der Waals surface area contributed by atoms with Crippen LogP contribution in [0, 0.1) is 0 Å². The number of aliphatic hydroxyl groups is 1. The van der Waals surface area contributed by atoms with Crippen molar-refractivity contribution in [1.29, 1.82) is 0 Å². The molecule has 24 heavy (non-hydrogen) atoms. The molecule has 0 unspecified atom stereocenters. The molecule has 126 valence electrons. The first-order valence-corrected chi connectivity index (χ1v) is 8.67. The molecule has 1 saturated carbocycles. The lowest BCUT2D eigenvalue weighted by Crippen LogP contribution is -2.53. The van der Waals surface area contributed by atoms with Gasteiger partial charge in [-0.3, -0.25) is 9.78 Å². The van der Waals surface area contributed by atoms with E-state index in [1.165, 1.54) is 6.42 Å². The summed E-state index contributed by atoms with van der Waals surface area (Å²) in [7, 11) is 0. The zero-order chi connectivity index (χ0) is 16.9. The number of anilines is 1. The maximum atomic E-state index is 12.3. The number of nitrogens with one attached hydrogen (secondary N) is 1. The summed E-state index contributed by atoms with van der Waals surface area (Å²) in [6.07, 6.45) is 3.97. The summed E-state index contributed by atoms with van der Waals surface area (Å²) in [5.74, 6) is -0.159. The van der Waals surface area contributed by atoms with Crippen LogP contribution < -0.4 is 10.2 Å². The normalized spacial score (nSPS) is 26.0. The van der Waals surface area contributed by atoms with Crippen molar-refractivity contribution in [3.05, 3.63) is 35.0 Å². The molecule has 6 heteroatoms. The Balaban J connectivity index is 1.55. The molecule has 2 aromatic rings. The second-order valence-electron chi connectivity index (χ2n) is 7.14. The van der Waals surface area contributed by atoms with E-state index in [0.29, 0.717) is 23.4 Å². The van der Waals surface area contributed by atoms with E-state index >= 15 is 0 Å². The first-order valence-electron chi connectivity index (χ1n) is 8.29. The standard InChI is InChI=1S/C18H20ClN3O2/c1-18(24)8-13(9-18)21-17(23)12-5-11-6-14(19)16(22-3-2-4-22)7-15(11)20-10-12/h5-7,10,13,24H,2-4,8-9H2,1H3,(H,21,23). The Morgan fingerprint density at radius 1 is 1.38 bits per heavy atom. The molecule has 5 nitrogen and oxygen atoms in total. The molecule has 1 saturated heterocycles. The zero-order valence-electron chi connectivity index (χ0n) is 13.6. The Morgan fingerprint density at radius 2 is 2.12 bits per heavy atom. The number of fused-ring (bicyclic) bond motifs is 1. The predicted molar refractivity (Wildman–Crippen MR) is 94.7 cm³/mol. The first-order chi connectivity index (χ1) is 11.4. The third kappa shape index (κ3) is 2.82. The second kappa shape index (κ2) is 5.60. The summed E-state index contributed by atoms with van der Waals surface area (Å²) >= 11 is 6.39. The maximum absolute atomic E-state index is 12.3. The summed E-state index contributed by atoms with van der Waals surface area (Å²) in [5.41, 5.74) is 1.71. The lowest BCUT2D eigenvalue weighted by molar-refractivity contribution is -0.0366. The van der Waals surface area contributed by atoms with E-state index in [-0.39, 0.29) is 11.9 Å². The Labute approximate surface area is 145 Å². The fraction of sp³-hybridized carbons (Fsp3) is 0.444. The van der Waals surface area contributed by atoms with Crippen LogP contribution in [-0.2, 0) is 0 Å². The van der Waals surface area contributed by atoms with Gasteiger partial charge >= 0.3 is 0 Å². The van der Waals surface area contributed by atoms with Gasteiger partial charge in [-0.1, -0.05) is 11.6 Å². The molecule has 0 bridgehead atoms. The van der Waals surface area contributed by atoms with Gasteiger partial charge in [0.1, 0.15) is 0 Å². The Kier molecular flexibility index (Phi) is 3.66. The van der Waals surface area contributed by atoms with E-state index in [9.17, 15) is 9.90 Å². The van der Waals surface area contributed by atoms with Crippen molar-refractivity contribution in [3.63, 3.8) is 0 Å². The van der Waals surface area contributed by atoms with Crippen molar-refractivity contribution in [1.82, 2.24) is 10.3 Å². The van der Waals surface area contributed by atoms with Gasteiger partial charge < -0.3 is 15.3 Å². The first kappa shape index (κ1) is 15.7. The molecule has 4 rings (SSSR count). The van der Waals surface area contributed by atoms with Crippen LogP contribution in [0.3, 0.4) is 0 Å². The molecule has 1 aliphatic carbocycles. The van der Waals surface area contributed by atoms with Crippen LogP contribution in [0.4, 0.5) is 5.69 Å². The number of hydrogen-bond acceptors (Lipinski definition) is 4. The quantitative estimate of drug-likeness (QED) is 0.897. The van der Waals surface area contributed by atoms with Gasteiger partial charge in [-0.05, 0) is 44.4 Å². The van der Waals surface area contributed by atoms with E-state index < -0.39 is 5.60 Å². The van der Waals surface area contributed by atoms with Crippen LogP contribution in [0.5, 0.6) is 0 Å². The fourth-order valence-electron chi connectivity index (χ4n) is 3.43. The average molecular weight is 346 g/mol. The van der Waals surface area contributed by atoms with Crippen LogP contribution in [0.2, 0.25) is 5.02 Å². The monoisotopic (exact) mass is 345 g/mol. The van der Waals surface area contributed by atoms with Crippen LogP contribution in [0.1, 0.15) is 36.5 Å². The van der Waals surface area contributed by atoms with Crippen molar-refractivity contribution in [3.8, 4) is 0 Å². The second-order valence-corrected chi connectivity index (χ2v) is 7.54. The van der Waals surface area contributed by atoms with Crippen molar-refractivity contribution < 1.29 is 9.90 Å². The van der Waals surface area contributed by atoms with E-state index in [0.717, 1.165) is 29.7 Å². The number of hydrogen-bond donors (Lipinski definition) is 2. The molecule has 1 aliphatic heterocycles. The molecule has 2 heterocycles. The summed E-state index contributed by atoms with van der Waals surface area (Å²) < 4.78 is 0. The van der Waals surface area contributed by atoms with Crippen molar-refractivity contribution in [2.24, 2.45) is 0 Å². The van der Waals surface area contributed by atoms with Gasteiger partial charge in [-0.15, -0.1) is 0 Å². The molecule has 2 N–H and O–H groups in total. The van der Waals surface area contributed by atoms with Gasteiger partial charge in [-0.2, -0.15) is 0 Å². The minimum Gasteiger partial charge on any atom is -0.390 e. The summed E-state index contributed by atoms with van der Waals surface area (Å²) in [6, 6.07) is 5.71. The molecule has 1 amide bonds. The molecular formula is C18H20ClN3O2. The van der Waals surface area contributed by atoms with Gasteiger partial charge in [-0.25, -0.2) is 0 Å². The number of carbonyl (C=O) groups is 1. The highest BCUT2D eigenvalue weighted by molar-refractivity contribution is 6.34. The van der Waals surface area contributed by atoms with E-state index in [4.69, 9.17) is 11.6 Å².